The fourth-order valence-electron chi connectivity index (χ4n) is 5.38. The van der Waals surface area contributed by atoms with Crippen molar-refractivity contribution in [1.82, 2.24) is 9.88 Å². The summed E-state index contributed by atoms with van der Waals surface area (Å²) in [5.74, 6) is -0.645. The zero-order chi connectivity index (χ0) is 17.4. The van der Waals surface area contributed by atoms with Crippen LogP contribution in [0.1, 0.15) is 24.5 Å². The van der Waals surface area contributed by atoms with Gasteiger partial charge in [0, 0.05) is 29.2 Å². The molecular formula is C19H20N2O4. The number of nitrogens with one attached hydrogen (secondary N) is 1. The van der Waals surface area contributed by atoms with Gasteiger partial charge in [-0.3, -0.25) is 14.5 Å². The van der Waals surface area contributed by atoms with Crippen LogP contribution >= 0.6 is 0 Å². The summed E-state index contributed by atoms with van der Waals surface area (Å²) in [6, 6.07) is 5.89. The Bertz CT molecular complexity index is 919. The van der Waals surface area contributed by atoms with Gasteiger partial charge in [0.1, 0.15) is 5.41 Å². The van der Waals surface area contributed by atoms with E-state index in [4.69, 9.17) is 9.47 Å². The highest BCUT2D eigenvalue weighted by atomic mass is 16.6. The van der Waals surface area contributed by atoms with Gasteiger partial charge in [-0.1, -0.05) is 12.1 Å². The number of hydrogen-bond acceptors (Lipinski definition) is 5. The van der Waals surface area contributed by atoms with Crippen LogP contribution in [0.5, 0.6) is 0 Å². The molecule has 3 aliphatic rings. The summed E-state index contributed by atoms with van der Waals surface area (Å²) >= 11 is 0. The lowest BCUT2D eigenvalue weighted by atomic mass is 9.64. The minimum absolute atomic E-state index is 0.0720. The molecule has 0 unspecified atom stereocenters. The van der Waals surface area contributed by atoms with Crippen LogP contribution in [-0.2, 0) is 31.1 Å². The number of H-pyrrole nitrogens is 1. The van der Waals surface area contributed by atoms with E-state index in [9.17, 15) is 9.59 Å². The van der Waals surface area contributed by atoms with Crippen LogP contribution in [0.25, 0.3) is 10.9 Å². The van der Waals surface area contributed by atoms with E-state index in [0.717, 1.165) is 22.9 Å². The first-order chi connectivity index (χ1) is 12.0. The van der Waals surface area contributed by atoms with Crippen LogP contribution in [0.4, 0.5) is 0 Å². The molecule has 0 amide bonds. The number of rotatable bonds is 2. The number of carbonyl (C=O) groups is 2. The Labute approximate surface area is 145 Å². The molecule has 2 fully saturated rings. The Morgan fingerprint density at radius 2 is 2.32 bits per heavy atom. The maximum atomic E-state index is 13.1. The summed E-state index contributed by atoms with van der Waals surface area (Å²) in [6.45, 7) is 2.55. The first-order valence-corrected chi connectivity index (χ1v) is 8.72. The molecule has 25 heavy (non-hydrogen) atoms. The van der Waals surface area contributed by atoms with Crippen LogP contribution in [0.3, 0.4) is 0 Å². The van der Waals surface area contributed by atoms with Gasteiger partial charge in [0.25, 0.3) is 0 Å². The number of hydrogen-bond donors (Lipinski definition) is 1. The quantitative estimate of drug-likeness (QED) is 0.843. The second-order valence-electron chi connectivity index (χ2n) is 7.37. The van der Waals surface area contributed by atoms with Crippen molar-refractivity contribution < 1.29 is 19.1 Å². The molecule has 130 valence electrons. The number of likely N-dealkylation sites (N-methyl/N-ethyl adjacent to an activating group) is 1. The summed E-state index contributed by atoms with van der Waals surface area (Å²) in [7, 11) is 2.00. The largest absolute Gasteiger partial charge is 0.465 e. The van der Waals surface area contributed by atoms with E-state index >= 15 is 0 Å². The molecule has 1 aliphatic carbocycles. The number of aromatic nitrogens is 1. The summed E-state index contributed by atoms with van der Waals surface area (Å²) < 4.78 is 11.5. The monoisotopic (exact) mass is 340 g/mol. The van der Waals surface area contributed by atoms with Gasteiger partial charge >= 0.3 is 11.9 Å². The summed E-state index contributed by atoms with van der Waals surface area (Å²) in [4.78, 5) is 31.0. The number of benzene rings is 1. The Balaban J connectivity index is 1.84. The summed E-state index contributed by atoms with van der Waals surface area (Å²) in [5.41, 5.74) is 1.19. The van der Waals surface area contributed by atoms with Gasteiger partial charge in [-0.25, -0.2) is 0 Å². The molecule has 0 saturated carbocycles. The third kappa shape index (κ3) is 1.54. The lowest BCUT2D eigenvalue weighted by Crippen LogP contribution is -2.53. The molecule has 6 nitrogen and oxygen atoms in total. The molecule has 1 N–H and O–H groups in total. The van der Waals surface area contributed by atoms with Gasteiger partial charge in [0.15, 0.2) is 5.60 Å². The van der Waals surface area contributed by atoms with E-state index in [0.29, 0.717) is 13.2 Å². The van der Waals surface area contributed by atoms with Crippen LogP contribution in [0.15, 0.2) is 24.4 Å². The molecular weight excluding hydrogens is 320 g/mol. The molecule has 2 saturated heterocycles. The van der Waals surface area contributed by atoms with Crippen molar-refractivity contribution in [2.45, 2.75) is 31.4 Å². The topological polar surface area (TPSA) is 71.6 Å². The van der Waals surface area contributed by atoms with Gasteiger partial charge in [-0.15, -0.1) is 0 Å². The third-order valence-corrected chi connectivity index (χ3v) is 6.22. The standard InChI is InChI=1S/C19H20N2O4/c1-3-24-17(23)18-8-15(22)25-19(18)12-5-4-6-13-16(12)11(9-20-13)7-14(19)21(2)10-18/h4-6,9,14,20H,3,7-8,10H2,1-2H3/t14-,18+,19-/m0/s1. The first-order valence-electron chi connectivity index (χ1n) is 8.72. The number of likely N-dealkylation sites (tertiary alicyclic amines) is 1. The first kappa shape index (κ1) is 15.0. The fourth-order valence-corrected chi connectivity index (χ4v) is 5.38. The number of esters is 2. The smallest absolute Gasteiger partial charge is 0.318 e. The van der Waals surface area contributed by atoms with Crippen LogP contribution in [0.2, 0.25) is 0 Å². The average molecular weight is 340 g/mol. The van der Waals surface area contributed by atoms with Crippen LogP contribution in [-0.4, -0.2) is 48.1 Å². The van der Waals surface area contributed by atoms with Crippen molar-refractivity contribution in [3.63, 3.8) is 0 Å². The maximum absolute atomic E-state index is 13.1. The van der Waals surface area contributed by atoms with Crippen LogP contribution in [0, 0.1) is 5.41 Å². The van der Waals surface area contributed by atoms with Crippen molar-refractivity contribution >= 4 is 22.8 Å². The normalized spacial score (nSPS) is 33.2. The Morgan fingerprint density at radius 3 is 3.12 bits per heavy atom. The summed E-state index contributed by atoms with van der Waals surface area (Å²) in [6.07, 6.45) is 2.83. The van der Waals surface area contributed by atoms with Crippen molar-refractivity contribution in [1.29, 1.82) is 0 Å². The van der Waals surface area contributed by atoms with Gasteiger partial charge in [-0.05, 0) is 32.0 Å². The van der Waals surface area contributed by atoms with E-state index in [1.54, 1.807) is 6.92 Å². The predicted octanol–water partition coefficient (Wildman–Crippen LogP) is 1.73. The second kappa shape index (κ2) is 4.64. The zero-order valence-corrected chi connectivity index (χ0v) is 14.3. The van der Waals surface area contributed by atoms with Crippen molar-refractivity contribution in [2.75, 3.05) is 20.2 Å². The number of aromatic amines is 1. The van der Waals surface area contributed by atoms with Gasteiger partial charge < -0.3 is 14.5 Å². The molecule has 2 aromatic rings. The highest BCUT2D eigenvalue weighted by Crippen LogP contribution is 2.62. The van der Waals surface area contributed by atoms with E-state index in [1.165, 1.54) is 5.56 Å². The SMILES string of the molecule is CCOC(=O)[C@]12CC(=O)O[C@]13c1cccc4[nH]cc(c14)C[C@@H]3N(C)C2. The van der Waals surface area contributed by atoms with E-state index in [1.807, 2.05) is 31.4 Å². The molecule has 3 heterocycles. The molecule has 0 radical (unpaired) electrons. The number of ether oxygens (including phenoxy) is 2. The third-order valence-electron chi connectivity index (χ3n) is 6.22. The van der Waals surface area contributed by atoms with Crippen molar-refractivity contribution in [3.05, 3.63) is 35.5 Å². The molecule has 6 heteroatoms. The number of nitrogens with zero attached hydrogens (tertiary/aromatic N) is 1. The minimum atomic E-state index is -0.983. The average Bonchev–Trinajstić information content (AvgIpc) is 3.18. The fraction of sp³-hybridized carbons (Fsp3) is 0.474. The highest BCUT2D eigenvalue weighted by molar-refractivity contribution is 5.95. The molecule has 1 aromatic heterocycles. The minimum Gasteiger partial charge on any atom is -0.465 e. The molecule has 5 rings (SSSR count). The van der Waals surface area contributed by atoms with Gasteiger partial charge in [0.2, 0.25) is 0 Å². The Morgan fingerprint density at radius 1 is 1.48 bits per heavy atom. The Hall–Kier alpha value is -2.34. The molecule has 0 bridgehead atoms. The predicted molar refractivity (Wildman–Crippen MR) is 89.9 cm³/mol. The lowest BCUT2D eigenvalue weighted by molar-refractivity contribution is -0.168. The lowest BCUT2D eigenvalue weighted by Gasteiger charge is -2.42. The van der Waals surface area contributed by atoms with Crippen molar-refractivity contribution in [2.24, 2.45) is 5.41 Å². The molecule has 1 spiro atoms. The summed E-state index contributed by atoms with van der Waals surface area (Å²) in [5, 5.41) is 1.08. The van der Waals surface area contributed by atoms with Crippen molar-refractivity contribution in [3.8, 4) is 0 Å². The van der Waals surface area contributed by atoms with E-state index in [-0.39, 0.29) is 24.4 Å². The zero-order valence-electron chi connectivity index (χ0n) is 14.3. The Kier molecular flexibility index (Phi) is 2.77. The number of carbonyl (C=O) groups excluding carboxylic acids is 2. The second-order valence-corrected chi connectivity index (χ2v) is 7.37. The van der Waals surface area contributed by atoms with E-state index < -0.39 is 11.0 Å². The van der Waals surface area contributed by atoms with E-state index in [2.05, 4.69) is 9.88 Å². The molecule has 3 atom stereocenters. The maximum Gasteiger partial charge on any atom is 0.318 e. The molecule has 2 aliphatic heterocycles. The van der Waals surface area contributed by atoms with Gasteiger partial charge in [-0.2, -0.15) is 0 Å². The molecule has 1 aromatic carbocycles. The van der Waals surface area contributed by atoms with Crippen LogP contribution < -0.4 is 0 Å². The highest BCUT2D eigenvalue weighted by Gasteiger charge is 2.75. The van der Waals surface area contributed by atoms with Gasteiger partial charge in [0.05, 0.1) is 19.1 Å².